The van der Waals surface area contributed by atoms with Gasteiger partial charge in [-0.1, -0.05) is 12.1 Å². The van der Waals surface area contributed by atoms with E-state index in [1.807, 2.05) is 6.07 Å². The van der Waals surface area contributed by atoms with E-state index in [1.165, 1.54) is 0 Å². The normalized spacial score (nSPS) is 17.0. The molecule has 5 rings (SSSR count). The second kappa shape index (κ2) is 9.46. The van der Waals surface area contributed by atoms with Crippen LogP contribution in [0.15, 0.2) is 27.6 Å². The number of nitrogens with zero attached hydrogens (tertiary/aromatic N) is 5. The molecule has 1 aliphatic heterocycles. The van der Waals surface area contributed by atoms with Crippen LogP contribution in [0.5, 0.6) is 0 Å². The lowest BCUT2D eigenvalue weighted by molar-refractivity contribution is -0.121. The van der Waals surface area contributed by atoms with E-state index in [9.17, 15) is 13.2 Å². The first-order valence-electron chi connectivity index (χ1n) is 12.0. The first-order chi connectivity index (χ1) is 16.5. The molecule has 1 amide bonds. The minimum atomic E-state index is -3.51. The predicted molar refractivity (Wildman–Crippen MR) is 124 cm³/mol. The summed E-state index contributed by atoms with van der Waals surface area (Å²) in [5, 5.41) is 6.79. The van der Waals surface area contributed by atoms with E-state index in [-0.39, 0.29) is 23.8 Å². The molecule has 2 aromatic heterocycles. The number of imidazole rings is 1. The third-order valence-electron chi connectivity index (χ3n) is 6.39. The van der Waals surface area contributed by atoms with Gasteiger partial charge in [-0.2, -0.15) is 9.29 Å². The van der Waals surface area contributed by atoms with Gasteiger partial charge in [-0.3, -0.25) is 4.79 Å². The number of carbonyl (C=O) groups is 1. The number of benzene rings is 1. The van der Waals surface area contributed by atoms with Crippen molar-refractivity contribution in [3.8, 4) is 0 Å². The van der Waals surface area contributed by atoms with Gasteiger partial charge in [0.15, 0.2) is 5.82 Å². The molecule has 3 aromatic rings. The first kappa shape index (κ1) is 23.0. The highest BCUT2D eigenvalue weighted by atomic mass is 32.2. The van der Waals surface area contributed by atoms with Gasteiger partial charge in [0.2, 0.25) is 21.8 Å². The fraction of sp³-hybridized carbons (Fsp3) is 0.565. The van der Waals surface area contributed by atoms with Gasteiger partial charge in [0, 0.05) is 38.4 Å². The zero-order chi connectivity index (χ0) is 23.7. The fourth-order valence-electron chi connectivity index (χ4n) is 4.40. The fourth-order valence-corrected chi connectivity index (χ4v) is 5.93. The van der Waals surface area contributed by atoms with Crippen LogP contribution in [-0.2, 0) is 34.3 Å². The molecular formula is C23H30N6O4S. The van der Waals surface area contributed by atoms with Crippen LogP contribution < -0.4 is 5.32 Å². The number of hydrogen-bond acceptors (Lipinski definition) is 7. The monoisotopic (exact) mass is 486 g/mol. The van der Waals surface area contributed by atoms with E-state index < -0.39 is 10.0 Å². The summed E-state index contributed by atoms with van der Waals surface area (Å²) in [7, 11) is -3.51. The molecule has 34 heavy (non-hydrogen) atoms. The maximum Gasteiger partial charge on any atom is 0.246 e. The molecule has 2 fully saturated rings. The van der Waals surface area contributed by atoms with Crippen LogP contribution in [0.1, 0.15) is 68.9 Å². The summed E-state index contributed by atoms with van der Waals surface area (Å²) in [6.07, 6.45) is 5.59. The molecule has 3 heterocycles. The molecule has 1 aromatic carbocycles. The molecule has 0 bridgehead atoms. The number of amides is 1. The topological polar surface area (TPSA) is 123 Å². The lowest BCUT2D eigenvalue weighted by Crippen LogP contribution is -2.27. The van der Waals surface area contributed by atoms with Gasteiger partial charge >= 0.3 is 0 Å². The number of carbonyl (C=O) groups excluding carboxylic acids is 1. The van der Waals surface area contributed by atoms with Gasteiger partial charge in [0.1, 0.15) is 5.82 Å². The number of rotatable bonds is 10. The van der Waals surface area contributed by atoms with Crippen molar-refractivity contribution in [3.05, 3.63) is 35.7 Å². The minimum Gasteiger partial charge on any atom is -0.347 e. The Bertz CT molecular complexity index is 1290. The van der Waals surface area contributed by atoms with Gasteiger partial charge in [-0.25, -0.2) is 13.4 Å². The summed E-state index contributed by atoms with van der Waals surface area (Å²) in [5.74, 6) is 2.20. The molecule has 10 nitrogen and oxygen atoms in total. The summed E-state index contributed by atoms with van der Waals surface area (Å²) in [6, 6.07) is 5.16. The van der Waals surface area contributed by atoms with E-state index in [4.69, 9.17) is 9.51 Å². The molecule has 0 atom stereocenters. The Balaban J connectivity index is 1.27. The van der Waals surface area contributed by atoms with Crippen LogP contribution in [0.2, 0.25) is 0 Å². The number of sulfonamides is 1. The van der Waals surface area contributed by atoms with Crippen molar-refractivity contribution in [2.45, 2.75) is 75.8 Å². The highest BCUT2D eigenvalue weighted by Crippen LogP contribution is 2.38. The Labute approximate surface area is 198 Å². The van der Waals surface area contributed by atoms with E-state index in [0.717, 1.165) is 55.8 Å². The van der Waals surface area contributed by atoms with Crippen molar-refractivity contribution in [1.82, 2.24) is 29.3 Å². The van der Waals surface area contributed by atoms with Crippen LogP contribution in [-0.4, -0.2) is 51.4 Å². The average Bonchev–Trinajstić information content (AvgIpc) is 3.23. The van der Waals surface area contributed by atoms with E-state index >= 15 is 0 Å². The molecule has 182 valence electrons. The Morgan fingerprint density at radius 1 is 1.21 bits per heavy atom. The Morgan fingerprint density at radius 2 is 2.00 bits per heavy atom. The quantitative estimate of drug-likeness (QED) is 0.467. The van der Waals surface area contributed by atoms with Crippen molar-refractivity contribution >= 4 is 27.0 Å². The van der Waals surface area contributed by atoms with Gasteiger partial charge in [0.25, 0.3) is 0 Å². The molecule has 1 N–H and O–H groups in total. The third-order valence-corrected chi connectivity index (χ3v) is 8.28. The van der Waals surface area contributed by atoms with Crippen LogP contribution >= 0.6 is 0 Å². The average molecular weight is 487 g/mol. The maximum atomic E-state index is 13.0. The van der Waals surface area contributed by atoms with Gasteiger partial charge < -0.3 is 14.4 Å². The maximum absolute atomic E-state index is 13.0. The summed E-state index contributed by atoms with van der Waals surface area (Å²) in [5.41, 5.74) is 1.53. The van der Waals surface area contributed by atoms with Crippen LogP contribution in [0.3, 0.4) is 0 Å². The highest BCUT2D eigenvalue weighted by Gasteiger charge is 2.29. The molecule has 0 unspecified atom stereocenters. The SMILES string of the molecule is CCCn1c(CCC(=O)NCc2nc(C3CC3)no2)nc2cc(S(=O)(=O)N3CCCC3)ccc21. The number of aromatic nitrogens is 4. The molecule has 11 heteroatoms. The van der Waals surface area contributed by atoms with Gasteiger partial charge in [-0.05, 0) is 50.3 Å². The zero-order valence-corrected chi connectivity index (χ0v) is 20.2. The Morgan fingerprint density at radius 3 is 2.74 bits per heavy atom. The van der Waals surface area contributed by atoms with Crippen molar-refractivity contribution in [3.63, 3.8) is 0 Å². The number of hydrogen-bond donors (Lipinski definition) is 1. The molecule has 1 saturated heterocycles. The van der Waals surface area contributed by atoms with Crippen LogP contribution in [0.4, 0.5) is 0 Å². The lowest BCUT2D eigenvalue weighted by atomic mass is 10.2. The smallest absolute Gasteiger partial charge is 0.246 e. The Hall–Kier alpha value is -2.79. The van der Waals surface area contributed by atoms with Crippen molar-refractivity contribution in [1.29, 1.82) is 0 Å². The second-order valence-electron chi connectivity index (χ2n) is 9.04. The largest absolute Gasteiger partial charge is 0.347 e. The molecule has 0 radical (unpaired) electrons. The lowest BCUT2D eigenvalue weighted by Gasteiger charge is -2.15. The molecule has 2 aliphatic rings. The molecule has 0 spiro atoms. The van der Waals surface area contributed by atoms with Crippen molar-refractivity contribution in [2.75, 3.05) is 13.1 Å². The number of nitrogens with one attached hydrogen (secondary N) is 1. The first-order valence-corrected chi connectivity index (χ1v) is 13.5. The second-order valence-corrected chi connectivity index (χ2v) is 11.0. The molecular weight excluding hydrogens is 456 g/mol. The summed E-state index contributed by atoms with van der Waals surface area (Å²) >= 11 is 0. The number of fused-ring (bicyclic) bond motifs is 1. The minimum absolute atomic E-state index is 0.126. The van der Waals surface area contributed by atoms with E-state index in [0.29, 0.717) is 36.8 Å². The molecule has 1 saturated carbocycles. The van der Waals surface area contributed by atoms with Crippen molar-refractivity contribution in [2.24, 2.45) is 0 Å². The third kappa shape index (κ3) is 4.72. The van der Waals surface area contributed by atoms with E-state index in [1.54, 1.807) is 16.4 Å². The van der Waals surface area contributed by atoms with Gasteiger partial charge in [0.05, 0.1) is 22.5 Å². The summed E-state index contributed by atoms with van der Waals surface area (Å²) in [4.78, 5) is 21.7. The summed E-state index contributed by atoms with van der Waals surface area (Å²) < 4.78 is 34.7. The predicted octanol–water partition coefficient (Wildman–Crippen LogP) is 2.74. The Kier molecular flexibility index (Phi) is 6.39. The molecule has 1 aliphatic carbocycles. The van der Waals surface area contributed by atoms with Crippen LogP contribution in [0.25, 0.3) is 11.0 Å². The zero-order valence-electron chi connectivity index (χ0n) is 19.4. The van der Waals surface area contributed by atoms with Crippen LogP contribution in [0, 0.1) is 0 Å². The number of aryl methyl sites for hydroxylation is 2. The standard InChI is InChI=1S/C23H30N6O4S/c1-2-11-29-19-8-7-17(34(31,32)28-12-3-4-13-28)14-18(19)25-20(29)9-10-21(30)24-15-22-26-23(27-33-22)16-5-6-16/h7-8,14,16H,2-6,9-13,15H2,1H3,(H,24,30). The van der Waals surface area contributed by atoms with Gasteiger partial charge in [-0.15, -0.1) is 0 Å². The van der Waals surface area contributed by atoms with Crippen molar-refractivity contribution < 1.29 is 17.7 Å². The summed E-state index contributed by atoms with van der Waals surface area (Å²) in [6.45, 7) is 4.17. The van der Waals surface area contributed by atoms with E-state index in [2.05, 4.69) is 26.9 Å². The highest BCUT2D eigenvalue weighted by molar-refractivity contribution is 7.89.